The molecule has 0 N–H and O–H groups in total. The number of nitrogens with zero attached hydrogens (tertiary/aromatic N) is 1. The van der Waals surface area contributed by atoms with Crippen molar-refractivity contribution in [1.82, 2.24) is 4.98 Å². The van der Waals surface area contributed by atoms with Gasteiger partial charge >= 0.3 is 0 Å². The summed E-state index contributed by atoms with van der Waals surface area (Å²) in [5.74, 6) is 0.114. The van der Waals surface area contributed by atoms with Crippen molar-refractivity contribution in [2.24, 2.45) is 11.8 Å². The van der Waals surface area contributed by atoms with E-state index in [9.17, 15) is 9.18 Å². The lowest BCUT2D eigenvalue weighted by Gasteiger charge is -2.26. The van der Waals surface area contributed by atoms with Gasteiger partial charge in [-0.15, -0.1) is 0 Å². The van der Waals surface area contributed by atoms with E-state index in [2.05, 4.69) is 11.9 Å². The Morgan fingerprint density at radius 1 is 1.41 bits per heavy atom. The molecule has 1 aromatic heterocycles. The summed E-state index contributed by atoms with van der Waals surface area (Å²) < 4.78 is 13.5. The molecule has 0 radical (unpaired) electrons. The largest absolute Gasteiger partial charge is 0.292 e. The molecule has 0 unspecified atom stereocenters. The molecule has 2 nitrogen and oxygen atoms in total. The van der Waals surface area contributed by atoms with Gasteiger partial charge in [0, 0.05) is 12.1 Å². The van der Waals surface area contributed by atoms with Gasteiger partial charge in [0.1, 0.15) is 5.69 Å². The summed E-state index contributed by atoms with van der Waals surface area (Å²) in [4.78, 5) is 16.0. The maximum absolute atomic E-state index is 13.5. The Hall–Kier alpha value is -1.25. The van der Waals surface area contributed by atoms with E-state index in [1.165, 1.54) is 24.8 Å². The van der Waals surface area contributed by atoms with Crippen LogP contribution in [0.5, 0.6) is 0 Å². The number of carbonyl (C=O) groups excluding carboxylic acids is 1. The monoisotopic (exact) mass is 235 g/mol. The van der Waals surface area contributed by atoms with Crippen LogP contribution in [0.2, 0.25) is 0 Å². The quantitative estimate of drug-likeness (QED) is 0.749. The van der Waals surface area contributed by atoms with Gasteiger partial charge in [-0.05, 0) is 43.7 Å². The summed E-state index contributed by atoms with van der Waals surface area (Å²) in [6.07, 6.45) is 6.59. The van der Waals surface area contributed by atoms with Crippen molar-refractivity contribution in [2.45, 2.75) is 39.0 Å². The second kappa shape index (κ2) is 5.39. The second-order valence-electron chi connectivity index (χ2n) is 4.82. The first-order valence-corrected chi connectivity index (χ1v) is 6.37. The average molecular weight is 235 g/mol. The van der Waals surface area contributed by atoms with E-state index < -0.39 is 5.82 Å². The van der Waals surface area contributed by atoms with E-state index in [0.717, 1.165) is 31.6 Å². The second-order valence-corrected chi connectivity index (χ2v) is 4.82. The highest BCUT2D eigenvalue weighted by molar-refractivity contribution is 5.96. The molecule has 1 aliphatic rings. The van der Waals surface area contributed by atoms with E-state index in [4.69, 9.17) is 0 Å². The third-order valence-electron chi connectivity index (χ3n) is 3.79. The van der Waals surface area contributed by atoms with Crippen LogP contribution in [-0.2, 0) is 0 Å². The van der Waals surface area contributed by atoms with Crippen molar-refractivity contribution in [3.05, 3.63) is 29.8 Å². The number of hydrogen-bond acceptors (Lipinski definition) is 2. The lowest BCUT2D eigenvalue weighted by atomic mass is 9.78. The predicted octanol–water partition coefficient (Wildman–Crippen LogP) is 3.62. The maximum Gasteiger partial charge on any atom is 0.187 e. The maximum atomic E-state index is 13.5. The lowest BCUT2D eigenvalue weighted by Crippen LogP contribution is -2.23. The third-order valence-corrected chi connectivity index (χ3v) is 3.79. The zero-order valence-corrected chi connectivity index (χ0v) is 10.2. The fourth-order valence-corrected chi connectivity index (χ4v) is 2.59. The lowest BCUT2D eigenvalue weighted by molar-refractivity contribution is 0.0861. The molecule has 1 saturated carbocycles. The van der Waals surface area contributed by atoms with Crippen LogP contribution in [0.15, 0.2) is 18.3 Å². The zero-order chi connectivity index (χ0) is 12.3. The number of carbonyl (C=O) groups is 1. The van der Waals surface area contributed by atoms with Crippen molar-refractivity contribution < 1.29 is 9.18 Å². The summed E-state index contributed by atoms with van der Waals surface area (Å²) in [6, 6.07) is 2.82. The van der Waals surface area contributed by atoms with E-state index in [1.54, 1.807) is 0 Å². The number of pyridine rings is 1. The van der Waals surface area contributed by atoms with Crippen LogP contribution in [0.1, 0.15) is 49.5 Å². The minimum absolute atomic E-state index is 0.0208. The van der Waals surface area contributed by atoms with Gasteiger partial charge in [-0.2, -0.15) is 0 Å². The van der Waals surface area contributed by atoms with Gasteiger partial charge in [0.05, 0.1) is 0 Å². The number of ketones is 1. The van der Waals surface area contributed by atoms with Crippen LogP contribution in [0.3, 0.4) is 0 Å². The van der Waals surface area contributed by atoms with Crippen LogP contribution >= 0.6 is 0 Å². The molecule has 17 heavy (non-hydrogen) atoms. The smallest absolute Gasteiger partial charge is 0.187 e. The first-order chi connectivity index (χ1) is 8.22. The van der Waals surface area contributed by atoms with Gasteiger partial charge < -0.3 is 0 Å². The van der Waals surface area contributed by atoms with Crippen molar-refractivity contribution in [3.8, 4) is 0 Å². The standard InChI is InChI=1S/C14H18FNO/c1-2-10-5-7-11(8-6-10)14(17)13-12(15)4-3-9-16-13/h3-4,9-11H,2,5-8H2,1H3. The van der Waals surface area contributed by atoms with Crippen LogP contribution < -0.4 is 0 Å². The molecule has 1 heterocycles. The van der Waals surface area contributed by atoms with Crippen molar-refractivity contribution in [1.29, 1.82) is 0 Å². The Kier molecular flexibility index (Phi) is 3.87. The van der Waals surface area contributed by atoms with Crippen LogP contribution in [0.4, 0.5) is 4.39 Å². The molecule has 92 valence electrons. The molecule has 1 fully saturated rings. The first-order valence-electron chi connectivity index (χ1n) is 6.37. The highest BCUT2D eigenvalue weighted by atomic mass is 19.1. The summed E-state index contributed by atoms with van der Waals surface area (Å²) >= 11 is 0. The molecule has 0 spiro atoms. The summed E-state index contributed by atoms with van der Waals surface area (Å²) in [7, 11) is 0. The van der Waals surface area contributed by atoms with Crippen LogP contribution in [0.25, 0.3) is 0 Å². The van der Waals surface area contributed by atoms with E-state index >= 15 is 0 Å². The summed E-state index contributed by atoms with van der Waals surface area (Å²) in [5.41, 5.74) is 0.0208. The molecule has 1 aliphatic carbocycles. The molecule has 0 bridgehead atoms. The average Bonchev–Trinajstić information content (AvgIpc) is 2.39. The molecular formula is C14H18FNO. The Bertz CT molecular complexity index is 397. The Morgan fingerprint density at radius 3 is 2.71 bits per heavy atom. The molecule has 0 aliphatic heterocycles. The summed E-state index contributed by atoms with van der Waals surface area (Å²) in [6.45, 7) is 2.19. The molecule has 0 saturated heterocycles. The minimum Gasteiger partial charge on any atom is -0.292 e. The number of hydrogen-bond donors (Lipinski definition) is 0. The van der Waals surface area contributed by atoms with E-state index in [-0.39, 0.29) is 17.4 Å². The highest BCUT2D eigenvalue weighted by Gasteiger charge is 2.28. The van der Waals surface area contributed by atoms with Gasteiger partial charge in [0.15, 0.2) is 11.6 Å². The molecule has 0 atom stereocenters. The minimum atomic E-state index is -0.491. The zero-order valence-electron chi connectivity index (χ0n) is 10.2. The number of aromatic nitrogens is 1. The van der Waals surface area contributed by atoms with Crippen LogP contribution in [-0.4, -0.2) is 10.8 Å². The third kappa shape index (κ3) is 2.71. The van der Waals surface area contributed by atoms with Crippen molar-refractivity contribution in [3.63, 3.8) is 0 Å². The normalized spacial score (nSPS) is 24.6. The summed E-state index contributed by atoms with van der Waals surface area (Å²) in [5, 5.41) is 0. The fraction of sp³-hybridized carbons (Fsp3) is 0.571. The fourth-order valence-electron chi connectivity index (χ4n) is 2.59. The van der Waals surface area contributed by atoms with Crippen molar-refractivity contribution in [2.75, 3.05) is 0 Å². The van der Waals surface area contributed by atoms with Gasteiger partial charge in [0.2, 0.25) is 0 Å². The number of halogens is 1. The van der Waals surface area contributed by atoms with Gasteiger partial charge in [-0.3, -0.25) is 9.78 Å². The molecule has 1 aromatic rings. The number of rotatable bonds is 3. The van der Waals surface area contributed by atoms with Crippen molar-refractivity contribution >= 4 is 5.78 Å². The van der Waals surface area contributed by atoms with Gasteiger partial charge in [-0.1, -0.05) is 13.3 Å². The van der Waals surface area contributed by atoms with E-state index in [1.807, 2.05) is 0 Å². The Balaban J connectivity index is 2.04. The van der Waals surface area contributed by atoms with Crippen LogP contribution in [0, 0.1) is 17.7 Å². The number of Topliss-reactive ketones (excluding diaryl/α,β-unsaturated/α-hetero) is 1. The Labute approximate surface area is 101 Å². The first kappa shape index (κ1) is 12.2. The molecule has 3 heteroatoms. The molecular weight excluding hydrogens is 217 g/mol. The Morgan fingerprint density at radius 2 is 2.12 bits per heavy atom. The van der Waals surface area contributed by atoms with Gasteiger partial charge in [0.25, 0.3) is 0 Å². The molecule has 2 rings (SSSR count). The molecule has 0 aromatic carbocycles. The van der Waals surface area contributed by atoms with E-state index in [0.29, 0.717) is 0 Å². The SMILES string of the molecule is CCC1CCC(C(=O)c2ncccc2F)CC1. The van der Waals surface area contributed by atoms with Gasteiger partial charge in [-0.25, -0.2) is 4.39 Å². The topological polar surface area (TPSA) is 30.0 Å². The molecule has 0 amide bonds. The predicted molar refractivity (Wildman–Crippen MR) is 64.3 cm³/mol. The highest BCUT2D eigenvalue weighted by Crippen LogP contribution is 2.32.